The number of benzene rings is 1. The Morgan fingerprint density at radius 2 is 2.00 bits per heavy atom. The number of carboxylic acids is 1. The second kappa shape index (κ2) is 5.05. The van der Waals surface area contributed by atoms with Crippen molar-refractivity contribution in [1.82, 2.24) is 10.2 Å². The summed E-state index contributed by atoms with van der Waals surface area (Å²) in [4.78, 5) is 36.1. The largest absolute Gasteiger partial charge is 0.477 e. The number of carboxylic acid groups (broad SMARTS) is 1. The zero-order valence-electron chi connectivity index (χ0n) is 11.2. The summed E-state index contributed by atoms with van der Waals surface area (Å²) in [6, 6.07) is 8.37. The number of rotatable bonds is 4. The van der Waals surface area contributed by atoms with Crippen molar-refractivity contribution in [1.29, 1.82) is 0 Å². The van der Waals surface area contributed by atoms with Gasteiger partial charge in [0.25, 0.3) is 5.91 Å². The lowest BCUT2D eigenvalue weighted by Crippen LogP contribution is -2.68. The number of carbonyl (C=O) groups excluding carboxylic acids is 2. The van der Waals surface area contributed by atoms with Gasteiger partial charge in [0, 0.05) is 0 Å². The normalized spacial score (nSPS) is 23.1. The number of nitrogens with zero attached hydrogens (tertiary/aromatic N) is 1. The topological polar surface area (TPSA) is 86.7 Å². The van der Waals surface area contributed by atoms with Crippen LogP contribution in [0.15, 0.2) is 42.1 Å². The molecule has 0 spiro atoms. The van der Waals surface area contributed by atoms with E-state index in [1.807, 2.05) is 30.3 Å². The van der Waals surface area contributed by atoms with Gasteiger partial charge in [-0.1, -0.05) is 36.4 Å². The minimum atomic E-state index is -1.11. The molecule has 2 atom stereocenters. The first kappa shape index (κ1) is 13.4. The van der Waals surface area contributed by atoms with Crippen LogP contribution in [0.4, 0.5) is 0 Å². The summed E-state index contributed by atoms with van der Waals surface area (Å²) >= 11 is 0. The molecular weight excluding hydrogens is 272 g/mol. The van der Waals surface area contributed by atoms with Gasteiger partial charge in [-0.15, -0.1) is 0 Å². The average molecular weight is 286 g/mol. The van der Waals surface area contributed by atoms with E-state index in [2.05, 4.69) is 5.32 Å². The third-order valence-electron chi connectivity index (χ3n) is 3.78. The molecule has 1 aromatic carbocycles. The van der Waals surface area contributed by atoms with E-state index in [1.165, 1.54) is 11.0 Å². The summed E-state index contributed by atoms with van der Waals surface area (Å²) in [5.74, 6) is -1.70. The number of hydrogen-bond donors (Lipinski definition) is 2. The summed E-state index contributed by atoms with van der Waals surface area (Å²) in [6.45, 7) is 0. The van der Waals surface area contributed by atoms with E-state index in [9.17, 15) is 14.4 Å². The molecule has 2 heterocycles. The molecule has 2 amide bonds. The molecule has 0 aliphatic carbocycles. The lowest BCUT2D eigenvalue weighted by atomic mass is 9.95. The van der Waals surface area contributed by atoms with Crippen LogP contribution in [0, 0.1) is 0 Å². The highest BCUT2D eigenvalue weighted by atomic mass is 16.4. The number of aliphatic carboxylic acids is 1. The lowest BCUT2D eigenvalue weighted by molar-refractivity contribution is -0.152. The molecule has 2 aliphatic heterocycles. The van der Waals surface area contributed by atoms with Crippen LogP contribution in [0.25, 0.3) is 0 Å². The SMILES string of the molecule is O=C(Cc1ccccc1)N[C@H]1C(=O)N2C(C(=O)O)=CC[C@@H]12. The fourth-order valence-corrected chi connectivity index (χ4v) is 2.77. The minimum absolute atomic E-state index is 0.0126. The van der Waals surface area contributed by atoms with Crippen molar-refractivity contribution < 1.29 is 19.5 Å². The Morgan fingerprint density at radius 3 is 2.67 bits per heavy atom. The van der Waals surface area contributed by atoms with E-state index in [0.29, 0.717) is 6.42 Å². The number of hydrogen-bond acceptors (Lipinski definition) is 3. The van der Waals surface area contributed by atoms with Crippen molar-refractivity contribution >= 4 is 17.8 Å². The molecular formula is C15H14N2O4. The number of β-lactam (4-membered cyclic amide) rings is 1. The molecule has 0 aromatic heterocycles. The number of nitrogens with one attached hydrogen (secondary N) is 1. The van der Waals surface area contributed by atoms with Crippen LogP contribution in [-0.2, 0) is 20.8 Å². The van der Waals surface area contributed by atoms with Crippen molar-refractivity contribution in [3.63, 3.8) is 0 Å². The Bertz CT molecular complexity index is 638. The summed E-state index contributed by atoms with van der Waals surface area (Å²) in [6.07, 6.45) is 2.19. The first-order chi connectivity index (χ1) is 10.1. The van der Waals surface area contributed by atoms with Crippen LogP contribution >= 0.6 is 0 Å². The van der Waals surface area contributed by atoms with Gasteiger partial charge in [0.15, 0.2) is 0 Å². The Kier molecular flexibility index (Phi) is 3.21. The zero-order chi connectivity index (χ0) is 15.0. The molecule has 6 heteroatoms. The highest BCUT2D eigenvalue weighted by Gasteiger charge is 2.53. The van der Waals surface area contributed by atoms with Crippen LogP contribution in [0.2, 0.25) is 0 Å². The third kappa shape index (κ3) is 2.29. The maximum absolute atomic E-state index is 12.0. The lowest BCUT2D eigenvalue weighted by Gasteiger charge is -2.43. The summed E-state index contributed by atoms with van der Waals surface area (Å²) in [7, 11) is 0. The van der Waals surface area contributed by atoms with Gasteiger partial charge in [-0.05, 0) is 12.0 Å². The molecule has 0 saturated carbocycles. The summed E-state index contributed by atoms with van der Waals surface area (Å²) in [5.41, 5.74) is 0.882. The minimum Gasteiger partial charge on any atom is -0.477 e. The number of amides is 2. The van der Waals surface area contributed by atoms with Crippen LogP contribution in [0.1, 0.15) is 12.0 Å². The molecule has 1 aromatic rings. The maximum Gasteiger partial charge on any atom is 0.352 e. The van der Waals surface area contributed by atoms with Gasteiger partial charge >= 0.3 is 5.97 Å². The van der Waals surface area contributed by atoms with Crippen molar-refractivity contribution in [3.8, 4) is 0 Å². The fraction of sp³-hybridized carbons (Fsp3) is 0.267. The molecule has 0 unspecified atom stereocenters. The van der Waals surface area contributed by atoms with Gasteiger partial charge in [0.1, 0.15) is 11.7 Å². The third-order valence-corrected chi connectivity index (χ3v) is 3.78. The maximum atomic E-state index is 12.0. The predicted molar refractivity (Wildman–Crippen MR) is 73.0 cm³/mol. The van der Waals surface area contributed by atoms with Crippen LogP contribution in [0.5, 0.6) is 0 Å². The number of fused-ring (bicyclic) bond motifs is 1. The molecule has 0 radical (unpaired) electrons. The van der Waals surface area contributed by atoms with E-state index in [1.54, 1.807) is 0 Å². The van der Waals surface area contributed by atoms with E-state index in [4.69, 9.17) is 5.11 Å². The Balaban J connectivity index is 1.60. The van der Waals surface area contributed by atoms with Crippen LogP contribution in [-0.4, -0.2) is 39.9 Å². The van der Waals surface area contributed by atoms with Gasteiger partial charge in [-0.25, -0.2) is 4.79 Å². The van der Waals surface area contributed by atoms with Crippen LogP contribution in [0.3, 0.4) is 0 Å². The second-order valence-corrected chi connectivity index (χ2v) is 5.11. The molecule has 2 aliphatic rings. The molecule has 21 heavy (non-hydrogen) atoms. The average Bonchev–Trinajstić information content (AvgIpc) is 2.86. The smallest absolute Gasteiger partial charge is 0.352 e. The molecule has 1 fully saturated rings. The molecule has 3 rings (SSSR count). The van der Waals surface area contributed by atoms with Gasteiger partial charge in [0.05, 0.1) is 12.5 Å². The molecule has 108 valence electrons. The Morgan fingerprint density at radius 1 is 1.29 bits per heavy atom. The Hall–Kier alpha value is -2.63. The summed E-state index contributed by atoms with van der Waals surface area (Å²) in [5, 5.41) is 11.7. The highest BCUT2D eigenvalue weighted by molar-refractivity contribution is 6.02. The quantitative estimate of drug-likeness (QED) is 0.779. The summed E-state index contributed by atoms with van der Waals surface area (Å²) < 4.78 is 0. The van der Waals surface area contributed by atoms with Crippen molar-refractivity contribution in [2.45, 2.75) is 24.9 Å². The molecule has 1 saturated heterocycles. The number of carbonyl (C=O) groups is 3. The van der Waals surface area contributed by atoms with Crippen LogP contribution < -0.4 is 5.32 Å². The van der Waals surface area contributed by atoms with Crippen molar-refractivity contribution in [2.75, 3.05) is 0 Å². The van der Waals surface area contributed by atoms with E-state index in [-0.39, 0.29) is 30.0 Å². The molecule has 6 nitrogen and oxygen atoms in total. The Labute approximate surface area is 121 Å². The van der Waals surface area contributed by atoms with Gasteiger partial charge in [-0.2, -0.15) is 0 Å². The van der Waals surface area contributed by atoms with E-state index < -0.39 is 12.0 Å². The first-order valence-electron chi connectivity index (χ1n) is 6.68. The molecule has 2 N–H and O–H groups in total. The van der Waals surface area contributed by atoms with Crippen molar-refractivity contribution in [3.05, 3.63) is 47.7 Å². The van der Waals surface area contributed by atoms with Gasteiger partial charge in [-0.3, -0.25) is 14.5 Å². The first-order valence-corrected chi connectivity index (χ1v) is 6.68. The zero-order valence-corrected chi connectivity index (χ0v) is 11.2. The highest BCUT2D eigenvalue weighted by Crippen LogP contribution is 2.34. The van der Waals surface area contributed by atoms with E-state index in [0.717, 1.165) is 5.56 Å². The van der Waals surface area contributed by atoms with Gasteiger partial charge in [0.2, 0.25) is 5.91 Å². The standard InChI is InChI=1S/C15H14N2O4/c18-12(8-9-4-2-1-3-5-9)16-13-10-6-7-11(15(20)21)17(10)14(13)19/h1-5,7,10,13H,6,8H2,(H,16,18)(H,20,21)/t10-,13+/m0/s1. The van der Waals surface area contributed by atoms with E-state index >= 15 is 0 Å². The van der Waals surface area contributed by atoms with Gasteiger partial charge < -0.3 is 10.4 Å². The second-order valence-electron chi connectivity index (χ2n) is 5.11. The monoisotopic (exact) mass is 286 g/mol. The molecule has 0 bridgehead atoms. The van der Waals surface area contributed by atoms with Crippen molar-refractivity contribution in [2.24, 2.45) is 0 Å². The predicted octanol–water partition coefficient (Wildman–Crippen LogP) is 0.297. The fourth-order valence-electron chi connectivity index (χ4n) is 2.77.